The predicted octanol–water partition coefficient (Wildman–Crippen LogP) is 11.5. The van der Waals surface area contributed by atoms with Gasteiger partial charge in [-0.2, -0.15) is 0 Å². The quantitative estimate of drug-likeness (QED) is 0.120. The lowest BCUT2D eigenvalue weighted by Gasteiger charge is -2.31. The second-order valence-electron chi connectivity index (χ2n) is 21.8. The first kappa shape index (κ1) is 54.8. The van der Waals surface area contributed by atoms with Crippen LogP contribution in [0.4, 0.5) is 0 Å². The molecule has 0 bridgehead atoms. The van der Waals surface area contributed by atoms with Crippen LogP contribution in [0.3, 0.4) is 0 Å². The number of carboxylic acids is 2. The number of carbonyl (C=O) groups excluding carboxylic acids is 2. The number of amides is 2. The number of hydrogen-bond acceptors (Lipinski definition) is 8. The maximum absolute atomic E-state index is 13.5. The molecule has 0 radical (unpaired) electrons. The summed E-state index contributed by atoms with van der Waals surface area (Å²) in [5.74, 6) is -3.66. The Morgan fingerprint density at radius 2 is 0.846 bits per heavy atom. The van der Waals surface area contributed by atoms with Crippen molar-refractivity contribution in [2.45, 2.75) is 134 Å². The summed E-state index contributed by atoms with van der Waals surface area (Å²) in [6.07, 6.45) is 1.55. The number of carboxylic acid groups (broad SMARTS) is 2. The van der Waals surface area contributed by atoms with E-state index >= 15 is 0 Å². The fourth-order valence-corrected chi connectivity index (χ4v) is 11.8. The molecule has 4 atom stereocenters. The van der Waals surface area contributed by atoms with E-state index in [1.807, 2.05) is 123 Å². The first-order valence-corrected chi connectivity index (χ1v) is 27.3. The molecule has 0 fully saturated rings. The van der Waals surface area contributed by atoms with Crippen LogP contribution in [0, 0.1) is 67.2 Å². The lowest BCUT2D eigenvalue weighted by atomic mass is 9.78. The summed E-state index contributed by atoms with van der Waals surface area (Å²) in [6, 6.07) is 28.5. The molecule has 2 aliphatic heterocycles. The third kappa shape index (κ3) is 10.3. The van der Waals surface area contributed by atoms with Crippen LogP contribution in [0.1, 0.15) is 149 Å². The van der Waals surface area contributed by atoms with Crippen molar-refractivity contribution in [3.05, 3.63) is 185 Å². The highest BCUT2D eigenvalue weighted by atomic mass is 16.4. The Morgan fingerprint density at radius 1 is 0.487 bits per heavy atom. The first-order valence-electron chi connectivity index (χ1n) is 27.3. The van der Waals surface area contributed by atoms with Crippen molar-refractivity contribution in [3.63, 3.8) is 0 Å². The van der Waals surface area contributed by atoms with E-state index < -0.39 is 23.8 Å². The molecule has 0 spiro atoms. The SMILES string of the molecule is CCn1nnc2c(C)c([C@H](c3ccc4c(c3)CN(C(=O)c3cc(C)c(C)c(C)c3)CC4)[C@@H](C)C(=O)O)ccc21.CCn1nnc2c(C)c([C@H](c3ccc4c(c3)CN(C(=O)c3cc(C)c(C)c(C)c3)CC4)[C@H](C)C(=O)O)ccc21. The van der Waals surface area contributed by atoms with Gasteiger partial charge in [0.2, 0.25) is 0 Å². The van der Waals surface area contributed by atoms with Gasteiger partial charge in [0.1, 0.15) is 11.0 Å². The molecule has 0 unspecified atom stereocenters. The molecule has 8 aromatic rings. The largest absolute Gasteiger partial charge is 0.481 e. The zero-order chi connectivity index (χ0) is 56.0. The Labute approximate surface area is 457 Å². The average molecular weight is 1050 g/mol. The van der Waals surface area contributed by atoms with E-state index in [0.717, 1.165) is 113 Å². The van der Waals surface area contributed by atoms with Gasteiger partial charge in [-0.15, -0.1) is 10.2 Å². The van der Waals surface area contributed by atoms with Gasteiger partial charge in [-0.1, -0.05) is 72.8 Å². The topological polar surface area (TPSA) is 177 Å². The van der Waals surface area contributed by atoms with E-state index in [-0.39, 0.29) is 23.7 Å². The molecule has 10 rings (SSSR count). The third-order valence-electron chi connectivity index (χ3n) is 17.1. The van der Waals surface area contributed by atoms with Crippen LogP contribution in [-0.4, -0.2) is 86.8 Å². The van der Waals surface area contributed by atoms with Crippen LogP contribution < -0.4 is 0 Å². The summed E-state index contributed by atoms with van der Waals surface area (Å²) in [5, 5.41) is 37.5. The molecule has 6 aromatic carbocycles. The number of nitrogens with zero attached hydrogens (tertiary/aromatic N) is 8. The smallest absolute Gasteiger partial charge is 0.307 e. The van der Waals surface area contributed by atoms with Crippen molar-refractivity contribution >= 4 is 45.8 Å². The highest BCUT2D eigenvalue weighted by molar-refractivity contribution is 5.96. The first-order chi connectivity index (χ1) is 37.2. The predicted molar refractivity (Wildman–Crippen MR) is 304 cm³/mol. The molecule has 0 saturated carbocycles. The normalized spacial score (nSPS) is 14.8. The van der Waals surface area contributed by atoms with Gasteiger partial charge in [0.25, 0.3) is 11.8 Å². The van der Waals surface area contributed by atoms with Crippen molar-refractivity contribution in [2.75, 3.05) is 13.1 Å². The molecular weight excluding hydrogens is 977 g/mol. The summed E-state index contributed by atoms with van der Waals surface area (Å²) in [6.45, 7) is 27.7. The zero-order valence-electron chi connectivity index (χ0n) is 47.2. The van der Waals surface area contributed by atoms with Crippen molar-refractivity contribution < 1.29 is 29.4 Å². The van der Waals surface area contributed by atoms with E-state index in [1.165, 1.54) is 22.3 Å². The molecule has 78 heavy (non-hydrogen) atoms. The van der Waals surface area contributed by atoms with E-state index in [1.54, 1.807) is 13.8 Å². The minimum absolute atomic E-state index is 0.0352. The van der Waals surface area contributed by atoms with Gasteiger partial charge < -0.3 is 20.0 Å². The standard InChI is InChI=1S/2C32H36N4O3/c2*1-7-36-28-11-10-27(21(5)30(28)33-34-36)29(22(6)32(38)39)24-9-8-23-12-13-35(17-26(23)16-24)31(37)25-14-18(2)20(4)19(3)15-25/h2*8-11,14-16,22,29H,7,12-13,17H2,1-6H3,(H,38,39)/t22-,29+;22-,29-/m10/s1. The molecule has 0 aliphatic carbocycles. The van der Waals surface area contributed by atoms with Gasteiger partial charge in [-0.3, -0.25) is 19.2 Å². The number of aryl methyl sites for hydroxylation is 8. The maximum Gasteiger partial charge on any atom is 0.307 e. The van der Waals surface area contributed by atoms with Gasteiger partial charge in [0.05, 0.1) is 22.9 Å². The number of aromatic nitrogens is 6. The fraction of sp³-hybridized carbons (Fsp3) is 0.375. The summed E-state index contributed by atoms with van der Waals surface area (Å²) in [4.78, 5) is 55.4. The second kappa shape index (κ2) is 22.2. The highest BCUT2D eigenvalue weighted by Crippen LogP contribution is 2.40. The molecular formula is C64H72N8O6. The van der Waals surface area contributed by atoms with Gasteiger partial charge in [0.15, 0.2) is 0 Å². The summed E-state index contributed by atoms with van der Waals surface area (Å²) < 4.78 is 3.70. The van der Waals surface area contributed by atoms with E-state index in [2.05, 4.69) is 70.9 Å². The molecule has 14 nitrogen and oxygen atoms in total. The summed E-state index contributed by atoms with van der Waals surface area (Å²) in [7, 11) is 0. The van der Waals surface area contributed by atoms with Crippen molar-refractivity contribution in [1.82, 2.24) is 39.8 Å². The molecule has 4 heterocycles. The fourth-order valence-electron chi connectivity index (χ4n) is 11.8. The monoisotopic (exact) mass is 1050 g/mol. The molecule has 2 amide bonds. The number of aliphatic carboxylic acids is 2. The lowest BCUT2D eigenvalue weighted by molar-refractivity contribution is -0.142. The number of rotatable bonds is 12. The van der Waals surface area contributed by atoms with Crippen LogP contribution in [0.2, 0.25) is 0 Å². The highest BCUT2D eigenvalue weighted by Gasteiger charge is 2.33. The van der Waals surface area contributed by atoms with Crippen LogP contribution in [0.5, 0.6) is 0 Å². The Hall–Kier alpha value is -8.00. The van der Waals surface area contributed by atoms with Crippen LogP contribution in [-0.2, 0) is 48.6 Å². The number of fused-ring (bicyclic) bond motifs is 4. The molecule has 2 aromatic heterocycles. The maximum atomic E-state index is 13.5. The van der Waals surface area contributed by atoms with Gasteiger partial charge in [-0.05, 0) is 207 Å². The molecule has 14 heteroatoms. The van der Waals surface area contributed by atoms with Crippen molar-refractivity contribution in [1.29, 1.82) is 0 Å². The van der Waals surface area contributed by atoms with Gasteiger partial charge in [-0.25, -0.2) is 9.36 Å². The Kier molecular flexibility index (Phi) is 15.6. The molecule has 404 valence electrons. The minimum atomic E-state index is -0.851. The average Bonchev–Trinajstić information content (AvgIpc) is 4.12. The zero-order valence-corrected chi connectivity index (χ0v) is 47.2. The lowest BCUT2D eigenvalue weighted by Crippen LogP contribution is -2.36. The Balaban J connectivity index is 0.000000190. The van der Waals surface area contributed by atoms with Crippen LogP contribution in [0.25, 0.3) is 22.1 Å². The van der Waals surface area contributed by atoms with E-state index in [0.29, 0.717) is 39.3 Å². The number of carbonyl (C=O) groups is 4. The van der Waals surface area contributed by atoms with Gasteiger partial charge in [0, 0.05) is 62.2 Å². The summed E-state index contributed by atoms with van der Waals surface area (Å²) >= 11 is 0. The van der Waals surface area contributed by atoms with Gasteiger partial charge >= 0.3 is 11.9 Å². The van der Waals surface area contributed by atoms with Crippen LogP contribution >= 0.6 is 0 Å². The van der Waals surface area contributed by atoms with Crippen molar-refractivity contribution in [3.8, 4) is 0 Å². The molecule has 2 N–H and O–H groups in total. The third-order valence-corrected chi connectivity index (χ3v) is 17.1. The number of benzene rings is 6. The van der Waals surface area contributed by atoms with E-state index in [9.17, 15) is 29.4 Å². The van der Waals surface area contributed by atoms with Crippen LogP contribution in [0.15, 0.2) is 84.9 Å². The number of hydrogen-bond donors (Lipinski definition) is 2. The van der Waals surface area contributed by atoms with E-state index in [4.69, 9.17) is 0 Å². The minimum Gasteiger partial charge on any atom is -0.481 e. The Bertz CT molecular complexity index is 3400. The molecule has 0 saturated heterocycles. The summed E-state index contributed by atoms with van der Waals surface area (Å²) in [5.41, 5.74) is 22.1. The second-order valence-corrected chi connectivity index (χ2v) is 21.8. The Morgan fingerprint density at radius 3 is 1.18 bits per heavy atom. The molecule has 2 aliphatic rings. The van der Waals surface area contributed by atoms with Crippen molar-refractivity contribution in [2.24, 2.45) is 11.8 Å².